The first-order valence-corrected chi connectivity index (χ1v) is 10.6. The van der Waals surface area contributed by atoms with Crippen LogP contribution in [0.5, 0.6) is 11.5 Å². The van der Waals surface area contributed by atoms with Crippen LogP contribution in [-0.2, 0) is 14.8 Å². The van der Waals surface area contributed by atoms with Gasteiger partial charge in [-0.2, -0.15) is 0 Å². The summed E-state index contributed by atoms with van der Waals surface area (Å²) in [4.78, 5) is 12.0. The lowest BCUT2D eigenvalue weighted by atomic mass is 10.00. The molecule has 0 aliphatic carbocycles. The van der Waals surface area contributed by atoms with E-state index in [-0.39, 0.29) is 24.2 Å². The molecule has 1 aromatic carbocycles. The summed E-state index contributed by atoms with van der Waals surface area (Å²) in [5.74, 6) is 1.16. The zero-order chi connectivity index (χ0) is 19.0. The van der Waals surface area contributed by atoms with Crippen molar-refractivity contribution in [3.05, 3.63) is 24.3 Å². The third kappa shape index (κ3) is 5.88. The number of ether oxygens (including phenoxy) is 2. The van der Waals surface area contributed by atoms with E-state index in [1.54, 1.807) is 23.5 Å². The normalized spacial score (nSPS) is 18.3. The summed E-state index contributed by atoms with van der Waals surface area (Å²) in [5, 5.41) is 2.84. The van der Waals surface area contributed by atoms with Gasteiger partial charge in [-0.25, -0.2) is 12.7 Å². The Morgan fingerprint density at radius 2 is 2.04 bits per heavy atom. The van der Waals surface area contributed by atoms with E-state index in [1.165, 1.54) is 0 Å². The van der Waals surface area contributed by atoms with E-state index < -0.39 is 10.0 Å². The van der Waals surface area contributed by atoms with E-state index in [9.17, 15) is 13.2 Å². The third-order valence-corrected chi connectivity index (χ3v) is 6.40. The Morgan fingerprint density at radius 3 is 2.73 bits per heavy atom. The van der Waals surface area contributed by atoms with Crippen molar-refractivity contribution in [2.45, 2.75) is 26.2 Å². The first kappa shape index (κ1) is 20.5. The van der Waals surface area contributed by atoms with E-state index in [2.05, 4.69) is 5.32 Å². The van der Waals surface area contributed by atoms with Crippen molar-refractivity contribution in [2.24, 2.45) is 5.92 Å². The van der Waals surface area contributed by atoms with Crippen molar-refractivity contribution in [1.29, 1.82) is 0 Å². The van der Waals surface area contributed by atoms with E-state index >= 15 is 0 Å². The fourth-order valence-corrected chi connectivity index (χ4v) is 4.64. The lowest BCUT2D eigenvalue weighted by Crippen LogP contribution is -2.44. The van der Waals surface area contributed by atoms with Gasteiger partial charge >= 0.3 is 0 Å². The highest BCUT2D eigenvalue weighted by molar-refractivity contribution is 7.89. The summed E-state index contributed by atoms with van der Waals surface area (Å²) in [7, 11) is -1.63. The van der Waals surface area contributed by atoms with Crippen LogP contribution in [0.4, 0.5) is 0 Å². The molecule has 1 N–H and O–H groups in total. The Morgan fingerprint density at radius 1 is 1.31 bits per heavy atom. The van der Waals surface area contributed by atoms with Gasteiger partial charge in [0, 0.05) is 19.6 Å². The highest BCUT2D eigenvalue weighted by Crippen LogP contribution is 2.25. The van der Waals surface area contributed by atoms with Gasteiger partial charge in [0.2, 0.25) is 10.0 Å². The topological polar surface area (TPSA) is 84.9 Å². The predicted octanol–water partition coefficient (Wildman–Crippen LogP) is 1.64. The van der Waals surface area contributed by atoms with Gasteiger partial charge in [0.15, 0.2) is 18.1 Å². The minimum absolute atomic E-state index is 0.106. The second-order valence-electron chi connectivity index (χ2n) is 6.43. The van der Waals surface area contributed by atoms with Crippen LogP contribution >= 0.6 is 0 Å². The van der Waals surface area contributed by atoms with Crippen molar-refractivity contribution in [1.82, 2.24) is 9.62 Å². The van der Waals surface area contributed by atoms with Crippen LogP contribution in [0.2, 0.25) is 0 Å². The SMILES string of the molecule is CCCS(=O)(=O)N1CCC[C@@H](CNC(=O)COc2ccccc2OC)C1. The molecule has 1 saturated heterocycles. The Hall–Kier alpha value is -1.80. The largest absolute Gasteiger partial charge is 0.493 e. The van der Waals surface area contributed by atoms with Crippen LogP contribution < -0.4 is 14.8 Å². The minimum atomic E-state index is -3.18. The Bertz CT molecular complexity index is 693. The molecule has 0 aromatic heterocycles. The van der Waals surface area contributed by atoms with Crippen LogP contribution in [0.3, 0.4) is 0 Å². The zero-order valence-electron chi connectivity index (χ0n) is 15.4. The van der Waals surface area contributed by atoms with Gasteiger partial charge in [0.25, 0.3) is 5.91 Å². The number of hydrogen-bond acceptors (Lipinski definition) is 5. The summed E-state index contributed by atoms with van der Waals surface area (Å²) in [6.45, 7) is 3.25. The quantitative estimate of drug-likeness (QED) is 0.700. The summed E-state index contributed by atoms with van der Waals surface area (Å²) < 4.78 is 36.6. The average Bonchev–Trinajstić information content (AvgIpc) is 2.65. The molecule has 1 aliphatic heterocycles. The molecule has 146 valence electrons. The van der Waals surface area contributed by atoms with Gasteiger partial charge in [-0.3, -0.25) is 4.79 Å². The number of carbonyl (C=O) groups excluding carboxylic acids is 1. The summed E-state index contributed by atoms with van der Waals surface area (Å²) in [5.41, 5.74) is 0. The molecule has 1 aromatic rings. The number of amides is 1. The molecule has 8 heteroatoms. The van der Waals surface area contributed by atoms with Gasteiger partial charge < -0.3 is 14.8 Å². The molecule has 0 bridgehead atoms. The fraction of sp³-hybridized carbons (Fsp3) is 0.611. The first-order valence-electron chi connectivity index (χ1n) is 8.96. The average molecular weight is 384 g/mol. The maximum absolute atomic E-state index is 12.2. The molecule has 1 heterocycles. The van der Waals surface area contributed by atoms with E-state index in [1.807, 2.05) is 19.1 Å². The van der Waals surface area contributed by atoms with E-state index in [4.69, 9.17) is 9.47 Å². The third-order valence-electron chi connectivity index (χ3n) is 4.35. The van der Waals surface area contributed by atoms with Gasteiger partial charge in [-0.05, 0) is 37.3 Å². The van der Waals surface area contributed by atoms with Crippen molar-refractivity contribution < 1.29 is 22.7 Å². The fourth-order valence-electron chi connectivity index (χ4n) is 3.02. The highest BCUT2D eigenvalue weighted by atomic mass is 32.2. The number of nitrogens with one attached hydrogen (secondary N) is 1. The predicted molar refractivity (Wildman–Crippen MR) is 99.9 cm³/mol. The Kier molecular flexibility index (Phi) is 7.71. The zero-order valence-corrected chi connectivity index (χ0v) is 16.3. The number of nitrogens with zero attached hydrogens (tertiary/aromatic N) is 1. The number of methoxy groups -OCH3 is 1. The number of hydrogen-bond donors (Lipinski definition) is 1. The Labute approximate surface area is 155 Å². The molecule has 1 aliphatic rings. The molecule has 0 radical (unpaired) electrons. The maximum atomic E-state index is 12.2. The molecule has 1 atom stereocenters. The highest BCUT2D eigenvalue weighted by Gasteiger charge is 2.28. The monoisotopic (exact) mass is 384 g/mol. The molecule has 0 unspecified atom stereocenters. The lowest BCUT2D eigenvalue weighted by Gasteiger charge is -2.32. The smallest absolute Gasteiger partial charge is 0.257 e. The van der Waals surface area contributed by atoms with Gasteiger partial charge in [0.1, 0.15) is 0 Å². The van der Waals surface area contributed by atoms with Crippen LogP contribution in [0.15, 0.2) is 24.3 Å². The van der Waals surface area contributed by atoms with Crippen molar-refractivity contribution in [2.75, 3.05) is 39.1 Å². The van der Waals surface area contributed by atoms with Crippen molar-refractivity contribution in [3.8, 4) is 11.5 Å². The molecule has 26 heavy (non-hydrogen) atoms. The standard InChI is InChI=1S/C18H28N2O5S/c1-3-11-26(22,23)20-10-6-7-15(13-20)12-19-18(21)14-25-17-9-5-4-8-16(17)24-2/h4-5,8-9,15H,3,6-7,10-14H2,1-2H3,(H,19,21)/t15-/m0/s1. The molecule has 0 spiro atoms. The number of benzene rings is 1. The van der Waals surface area contributed by atoms with Crippen LogP contribution in [0, 0.1) is 5.92 Å². The van der Waals surface area contributed by atoms with Gasteiger partial charge in [-0.15, -0.1) is 0 Å². The minimum Gasteiger partial charge on any atom is -0.493 e. The number of piperidine rings is 1. The van der Waals surface area contributed by atoms with E-state index in [0.717, 1.165) is 12.8 Å². The number of rotatable bonds is 9. The van der Waals surface area contributed by atoms with Gasteiger partial charge in [-0.1, -0.05) is 19.1 Å². The summed E-state index contributed by atoms with van der Waals surface area (Å²) in [6, 6.07) is 7.14. The van der Waals surface area contributed by atoms with Crippen molar-refractivity contribution in [3.63, 3.8) is 0 Å². The summed E-state index contributed by atoms with van der Waals surface area (Å²) in [6.07, 6.45) is 2.34. The number of sulfonamides is 1. The molecule has 0 saturated carbocycles. The molecule has 1 amide bonds. The lowest BCUT2D eigenvalue weighted by molar-refractivity contribution is -0.123. The number of para-hydroxylation sites is 2. The second-order valence-corrected chi connectivity index (χ2v) is 8.51. The molecular weight excluding hydrogens is 356 g/mol. The molecule has 2 rings (SSSR count). The maximum Gasteiger partial charge on any atom is 0.257 e. The first-order chi connectivity index (χ1) is 12.5. The Balaban J connectivity index is 1.78. The van der Waals surface area contributed by atoms with Crippen LogP contribution in [-0.4, -0.2) is 57.7 Å². The van der Waals surface area contributed by atoms with Gasteiger partial charge in [0.05, 0.1) is 12.9 Å². The van der Waals surface area contributed by atoms with Crippen LogP contribution in [0.25, 0.3) is 0 Å². The molecular formula is C18H28N2O5S. The van der Waals surface area contributed by atoms with Crippen molar-refractivity contribution >= 4 is 15.9 Å². The molecule has 1 fully saturated rings. The summed E-state index contributed by atoms with van der Waals surface area (Å²) >= 11 is 0. The second kappa shape index (κ2) is 9.78. The van der Waals surface area contributed by atoms with Crippen LogP contribution in [0.1, 0.15) is 26.2 Å². The number of carbonyl (C=O) groups is 1. The molecule has 7 nitrogen and oxygen atoms in total. The van der Waals surface area contributed by atoms with E-state index in [0.29, 0.717) is 37.6 Å².